The first-order chi connectivity index (χ1) is 8.56. The molecule has 3 nitrogen and oxygen atoms in total. The van der Waals surface area contributed by atoms with Gasteiger partial charge in [0.25, 0.3) is 5.91 Å². The highest BCUT2D eigenvalue weighted by Crippen LogP contribution is 2.39. The van der Waals surface area contributed by atoms with Crippen molar-refractivity contribution in [1.29, 1.82) is 0 Å². The maximum Gasteiger partial charge on any atom is 0.256 e. The Morgan fingerprint density at radius 3 is 2.78 bits per heavy atom. The number of aliphatic hydroxyl groups is 1. The largest absolute Gasteiger partial charge is 0.393 e. The SMILES string of the molecule is O=C(c1cc(Cl)sc1Cl)N1CC2CCC(O)C2C1. The molecule has 3 unspecified atom stereocenters. The molecule has 1 aliphatic heterocycles. The van der Waals surface area contributed by atoms with E-state index in [0.717, 1.165) is 19.4 Å². The number of rotatable bonds is 1. The van der Waals surface area contributed by atoms with Gasteiger partial charge < -0.3 is 10.0 Å². The lowest BCUT2D eigenvalue weighted by atomic mass is 10.00. The fourth-order valence-electron chi connectivity index (χ4n) is 3.06. The Morgan fingerprint density at radius 2 is 2.17 bits per heavy atom. The Balaban J connectivity index is 1.77. The molecule has 0 radical (unpaired) electrons. The van der Waals surface area contributed by atoms with Gasteiger partial charge in [-0.15, -0.1) is 11.3 Å². The second kappa shape index (κ2) is 4.67. The molecule has 0 spiro atoms. The van der Waals surface area contributed by atoms with Crippen LogP contribution in [0.3, 0.4) is 0 Å². The Kier molecular flexibility index (Phi) is 3.30. The number of fused-ring (bicyclic) bond motifs is 1. The zero-order valence-electron chi connectivity index (χ0n) is 9.60. The number of halogens is 2. The molecule has 6 heteroatoms. The standard InChI is InChI=1S/C12H13Cl2NO2S/c13-10-3-7(11(14)18-10)12(17)15-4-6-1-2-9(16)8(6)5-15/h3,6,8-9,16H,1-2,4-5H2. The van der Waals surface area contributed by atoms with Crippen molar-refractivity contribution in [1.82, 2.24) is 4.90 Å². The molecule has 1 N–H and O–H groups in total. The Hall–Kier alpha value is -0.290. The number of thiophene rings is 1. The highest BCUT2D eigenvalue weighted by molar-refractivity contribution is 7.20. The van der Waals surface area contributed by atoms with Crippen LogP contribution in [0.2, 0.25) is 8.67 Å². The second-order valence-corrected chi connectivity index (χ2v) is 7.30. The minimum absolute atomic E-state index is 0.0650. The van der Waals surface area contributed by atoms with Crippen LogP contribution in [0.1, 0.15) is 23.2 Å². The molecule has 2 heterocycles. The first-order valence-corrected chi connectivity index (χ1v) is 7.55. The summed E-state index contributed by atoms with van der Waals surface area (Å²) in [5, 5.41) is 9.85. The van der Waals surface area contributed by atoms with Crippen LogP contribution < -0.4 is 0 Å². The topological polar surface area (TPSA) is 40.5 Å². The molecule has 0 aromatic carbocycles. The molecule has 1 aliphatic carbocycles. The molecule has 0 bridgehead atoms. The van der Waals surface area contributed by atoms with E-state index < -0.39 is 0 Å². The lowest BCUT2D eigenvalue weighted by Crippen LogP contribution is -2.30. The van der Waals surface area contributed by atoms with Gasteiger partial charge >= 0.3 is 0 Å². The summed E-state index contributed by atoms with van der Waals surface area (Å²) in [5.41, 5.74) is 0.487. The first-order valence-electron chi connectivity index (χ1n) is 5.98. The number of carbonyl (C=O) groups excluding carboxylic acids is 1. The van der Waals surface area contributed by atoms with Crippen molar-refractivity contribution in [3.05, 3.63) is 20.3 Å². The van der Waals surface area contributed by atoms with E-state index in [1.54, 1.807) is 11.0 Å². The molecule has 1 saturated carbocycles. The quantitative estimate of drug-likeness (QED) is 0.866. The number of aliphatic hydroxyl groups excluding tert-OH is 1. The van der Waals surface area contributed by atoms with Crippen LogP contribution >= 0.6 is 34.5 Å². The Morgan fingerprint density at radius 1 is 1.39 bits per heavy atom. The highest BCUT2D eigenvalue weighted by atomic mass is 35.5. The molecule has 2 aliphatic rings. The van der Waals surface area contributed by atoms with Crippen molar-refractivity contribution in [2.24, 2.45) is 11.8 Å². The van der Waals surface area contributed by atoms with Crippen LogP contribution in [0, 0.1) is 11.8 Å². The molecular weight excluding hydrogens is 293 g/mol. The zero-order valence-corrected chi connectivity index (χ0v) is 11.9. The van der Waals surface area contributed by atoms with Crippen molar-refractivity contribution in [2.75, 3.05) is 13.1 Å². The molecule has 3 atom stereocenters. The first kappa shape index (κ1) is 12.7. The minimum atomic E-state index is -0.255. The molecule has 1 aromatic rings. The highest BCUT2D eigenvalue weighted by Gasteiger charge is 2.43. The van der Waals surface area contributed by atoms with Crippen LogP contribution in [0.15, 0.2) is 6.07 Å². The molecule has 1 saturated heterocycles. The summed E-state index contributed by atoms with van der Waals surface area (Å²) in [6, 6.07) is 1.63. The number of carbonyl (C=O) groups is 1. The maximum atomic E-state index is 12.3. The molecule has 1 aromatic heterocycles. The van der Waals surface area contributed by atoms with E-state index in [0.29, 0.717) is 26.7 Å². The summed E-state index contributed by atoms with van der Waals surface area (Å²) in [6.45, 7) is 1.36. The Labute approximate surface area is 119 Å². The maximum absolute atomic E-state index is 12.3. The van der Waals surface area contributed by atoms with Crippen molar-refractivity contribution in [2.45, 2.75) is 18.9 Å². The number of nitrogens with zero attached hydrogens (tertiary/aromatic N) is 1. The molecule has 1 amide bonds. The summed E-state index contributed by atoms with van der Waals surface area (Å²) in [5.74, 6) is 0.614. The van der Waals surface area contributed by atoms with E-state index >= 15 is 0 Å². The summed E-state index contributed by atoms with van der Waals surface area (Å²) in [7, 11) is 0. The van der Waals surface area contributed by atoms with Gasteiger partial charge in [-0.25, -0.2) is 0 Å². The molecule has 18 heavy (non-hydrogen) atoms. The Bertz CT molecular complexity index is 490. The van der Waals surface area contributed by atoms with Gasteiger partial charge in [-0.3, -0.25) is 4.79 Å². The van der Waals surface area contributed by atoms with Crippen LogP contribution in [0.25, 0.3) is 0 Å². The van der Waals surface area contributed by atoms with Gasteiger partial charge in [-0.2, -0.15) is 0 Å². The summed E-state index contributed by atoms with van der Waals surface area (Å²) in [4.78, 5) is 14.1. The zero-order chi connectivity index (χ0) is 12.9. The van der Waals surface area contributed by atoms with Gasteiger partial charge in [0.1, 0.15) is 4.34 Å². The smallest absolute Gasteiger partial charge is 0.256 e. The van der Waals surface area contributed by atoms with Gasteiger partial charge in [0.15, 0.2) is 0 Å². The average Bonchev–Trinajstić information content (AvgIpc) is 2.96. The van der Waals surface area contributed by atoms with E-state index in [-0.39, 0.29) is 17.9 Å². The third-order valence-electron chi connectivity index (χ3n) is 3.99. The minimum Gasteiger partial charge on any atom is -0.393 e. The third-order valence-corrected chi connectivity index (χ3v) is 5.48. The molecule has 2 fully saturated rings. The van der Waals surface area contributed by atoms with Crippen molar-refractivity contribution >= 4 is 40.4 Å². The average molecular weight is 306 g/mol. The summed E-state index contributed by atoms with van der Waals surface area (Å²) in [6.07, 6.45) is 1.62. The predicted molar refractivity (Wildman–Crippen MR) is 72.5 cm³/mol. The number of likely N-dealkylation sites (tertiary alicyclic amines) is 1. The lowest BCUT2D eigenvalue weighted by Gasteiger charge is -2.18. The van der Waals surface area contributed by atoms with E-state index in [9.17, 15) is 9.90 Å². The molecule has 3 rings (SSSR count). The van der Waals surface area contributed by atoms with Crippen LogP contribution in [-0.4, -0.2) is 35.1 Å². The lowest BCUT2D eigenvalue weighted by molar-refractivity contribution is 0.0753. The van der Waals surface area contributed by atoms with E-state index in [1.807, 2.05) is 0 Å². The van der Waals surface area contributed by atoms with Crippen LogP contribution in [0.5, 0.6) is 0 Å². The number of amides is 1. The van der Waals surface area contributed by atoms with Crippen LogP contribution in [0.4, 0.5) is 0 Å². The second-order valence-electron chi connectivity index (χ2n) is 5.02. The van der Waals surface area contributed by atoms with Crippen LogP contribution in [-0.2, 0) is 0 Å². The van der Waals surface area contributed by atoms with Crippen molar-refractivity contribution in [3.8, 4) is 0 Å². The number of hydrogen-bond donors (Lipinski definition) is 1. The van der Waals surface area contributed by atoms with Crippen molar-refractivity contribution < 1.29 is 9.90 Å². The predicted octanol–water partition coefficient (Wildman–Crippen LogP) is 2.90. The summed E-state index contributed by atoms with van der Waals surface area (Å²) < 4.78 is 0.977. The van der Waals surface area contributed by atoms with Crippen molar-refractivity contribution in [3.63, 3.8) is 0 Å². The van der Waals surface area contributed by atoms with Gasteiger partial charge in [-0.05, 0) is 24.8 Å². The van der Waals surface area contributed by atoms with Gasteiger partial charge in [0.05, 0.1) is 16.0 Å². The van der Waals surface area contributed by atoms with Gasteiger partial charge in [-0.1, -0.05) is 23.2 Å². The molecule has 98 valence electrons. The third kappa shape index (κ3) is 2.05. The van der Waals surface area contributed by atoms with E-state index in [1.165, 1.54) is 11.3 Å². The normalized spacial score (nSPS) is 30.8. The monoisotopic (exact) mass is 305 g/mol. The number of hydrogen-bond acceptors (Lipinski definition) is 3. The van der Waals surface area contributed by atoms with E-state index in [4.69, 9.17) is 23.2 Å². The van der Waals surface area contributed by atoms with Gasteiger partial charge in [0, 0.05) is 19.0 Å². The fraction of sp³-hybridized carbons (Fsp3) is 0.583. The van der Waals surface area contributed by atoms with E-state index in [2.05, 4.69) is 0 Å². The van der Waals surface area contributed by atoms with Gasteiger partial charge in [0.2, 0.25) is 0 Å². The fourth-order valence-corrected chi connectivity index (χ4v) is 4.51. The summed E-state index contributed by atoms with van der Waals surface area (Å²) >= 11 is 13.1. The molecular formula is C12H13Cl2NO2S.